The van der Waals surface area contributed by atoms with Crippen molar-refractivity contribution in [1.82, 2.24) is 0 Å². The van der Waals surface area contributed by atoms with Crippen molar-refractivity contribution in [3.63, 3.8) is 0 Å². The van der Waals surface area contributed by atoms with E-state index in [1.165, 1.54) is 31.4 Å². The Morgan fingerprint density at radius 2 is 2.00 bits per heavy atom. The second kappa shape index (κ2) is 8.19. The first-order chi connectivity index (χ1) is 12.1. The molecule has 0 unspecified atom stereocenters. The fourth-order valence-corrected chi connectivity index (χ4v) is 2.12. The van der Waals surface area contributed by atoms with E-state index in [4.69, 9.17) is 15.9 Å². The maximum atomic E-state index is 10.7. The van der Waals surface area contributed by atoms with Gasteiger partial charge in [-0.2, -0.15) is 5.26 Å². The smallest absolute Gasteiger partial charge is 0.269 e. The summed E-state index contributed by atoms with van der Waals surface area (Å²) in [5.41, 5.74) is 1.64. The van der Waals surface area contributed by atoms with Gasteiger partial charge >= 0.3 is 0 Å². The number of methoxy groups -OCH3 is 1. The molecule has 0 aliphatic heterocycles. The highest BCUT2D eigenvalue weighted by molar-refractivity contribution is 5.90. The molecular weight excluding hydrogens is 320 g/mol. The minimum Gasteiger partial charge on any atom is -0.493 e. The van der Waals surface area contributed by atoms with E-state index in [-0.39, 0.29) is 12.3 Å². The zero-order valence-corrected chi connectivity index (χ0v) is 13.4. The summed E-state index contributed by atoms with van der Waals surface area (Å²) in [6.45, 7) is 0.123. The van der Waals surface area contributed by atoms with Gasteiger partial charge in [-0.3, -0.25) is 10.1 Å². The molecule has 6 nitrogen and oxygen atoms in total. The highest BCUT2D eigenvalue weighted by Crippen LogP contribution is 2.30. The molecule has 0 saturated heterocycles. The molecule has 0 atom stereocenters. The molecule has 25 heavy (non-hydrogen) atoms. The number of terminal acetylenes is 1. The Bertz CT molecular complexity index is 887. The minimum absolute atomic E-state index is 0.0299. The number of hydrogen-bond donors (Lipinski definition) is 0. The molecule has 6 heteroatoms. The third-order valence-electron chi connectivity index (χ3n) is 3.32. The lowest BCUT2D eigenvalue weighted by atomic mass is 10.0. The van der Waals surface area contributed by atoms with Gasteiger partial charge in [0.25, 0.3) is 5.69 Å². The van der Waals surface area contributed by atoms with Crippen molar-refractivity contribution in [2.24, 2.45) is 0 Å². The Morgan fingerprint density at radius 3 is 2.56 bits per heavy atom. The van der Waals surface area contributed by atoms with E-state index < -0.39 is 4.92 Å². The second-order valence-corrected chi connectivity index (χ2v) is 4.88. The lowest BCUT2D eigenvalue weighted by molar-refractivity contribution is -0.384. The molecule has 0 bridgehead atoms. The van der Waals surface area contributed by atoms with E-state index in [2.05, 4.69) is 12.0 Å². The van der Waals surface area contributed by atoms with Gasteiger partial charge in [0.15, 0.2) is 11.5 Å². The average Bonchev–Trinajstić information content (AvgIpc) is 2.64. The van der Waals surface area contributed by atoms with E-state index in [0.717, 1.165) is 5.56 Å². The summed E-state index contributed by atoms with van der Waals surface area (Å²) < 4.78 is 10.6. The van der Waals surface area contributed by atoms with Crippen LogP contribution in [0.15, 0.2) is 42.5 Å². The van der Waals surface area contributed by atoms with Crippen molar-refractivity contribution in [2.75, 3.05) is 13.7 Å². The van der Waals surface area contributed by atoms with Gasteiger partial charge in [0.05, 0.1) is 23.7 Å². The van der Waals surface area contributed by atoms with Gasteiger partial charge in [-0.25, -0.2) is 0 Å². The monoisotopic (exact) mass is 334 g/mol. The van der Waals surface area contributed by atoms with Crippen LogP contribution in [0.4, 0.5) is 5.69 Å². The van der Waals surface area contributed by atoms with Crippen molar-refractivity contribution in [1.29, 1.82) is 5.26 Å². The maximum absolute atomic E-state index is 10.7. The minimum atomic E-state index is -0.487. The number of allylic oxidation sites excluding steroid dienone is 1. The third-order valence-corrected chi connectivity index (χ3v) is 3.32. The summed E-state index contributed by atoms with van der Waals surface area (Å²) in [6, 6.07) is 13.1. The zero-order chi connectivity index (χ0) is 18.2. The summed E-state index contributed by atoms with van der Waals surface area (Å²) in [5.74, 6) is 3.37. The van der Waals surface area contributed by atoms with Gasteiger partial charge in [0.2, 0.25) is 0 Å². The highest BCUT2D eigenvalue weighted by atomic mass is 16.6. The number of hydrogen-bond acceptors (Lipinski definition) is 5. The van der Waals surface area contributed by atoms with Crippen LogP contribution >= 0.6 is 0 Å². The standard InChI is InChI=1S/C19H14N2O4/c1-3-10-25-18-9-4-14(12-19(18)24-2)11-16(13-20)15-5-7-17(8-6-15)21(22)23/h1,4-9,11-12H,10H2,2H3/b16-11-. The predicted octanol–water partition coefficient (Wildman–Crippen LogP) is 3.68. The van der Waals surface area contributed by atoms with Crippen LogP contribution in [-0.2, 0) is 0 Å². The first-order valence-corrected chi connectivity index (χ1v) is 7.20. The van der Waals surface area contributed by atoms with Gasteiger partial charge in [0, 0.05) is 12.1 Å². The molecule has 2 aromatic carbocycles. The molecule has 0 aliphatic carbocycles. The van der Waals surface area contributed by atoms with E-state index in [1.807, 2.05) is 0 Å². The fraction of sp³-hybridized carbons (Fsp3) is 0.105. The molecular formula is C19H14N2O4. The molecule has 0 radical (unpaired) electrons. The van der Waals surface area contributed by atoms with Crippen LogP contribution in [0.1, 0.15) is 11.1 Å². The molecule has 0 aromatic heterocycles. The lowest BCUT2D eigenvalue weighted by Gasteiger charge is -2.09. The average molecular weight is 334 g/mol. The highest BCUT2D eigenvalue weighted by Gasteiger charge is 2.09. The first-order valence-electron chi connectivity index (χ1n) is 7.20. The molecule has 124 valence electrons. The topological polar surface area (TPSA) is 85.4 Å². The van der Waals surface area contributed by atoms with Crippen molar-refractivity contribution in [3.8, 4) is 29.9 Å². The SMILES string of the molecule is C#CCOc1ccc(/C=C(/C#N)c2ccc([N+](=O)[O-])cc2)cc1OC. The third kappa shape index (κ3) is 4.37. The molecule has 0 aliphatic rings. The molecule has 2 rings (SSSR count). The van der Waals surface area contributed by atoms with Crippen LogP contribution in [-0.4, -0.2) is 18.6 Å². The van der Waals surface area contributed by atoms with Gasteiger partial charge in [-0.05, 0) is 41.5 Å². The Morgan fingerprint density at radius 1 is 1.28 bits per heavy atom. The first kappa shape index (κ1) is 17.6. The summed E-state index contributed by atoms with van der Waals surface area (Å²) in [6.07, 6.45) is 6.83. The van der Waals surface area contributed by atoms with Gasteiger partial charge < -0.3 is 9.47 Å². The van der Waals surface area contributed by atoms with E-state index in [0.29, 0.717) is 22.6 Å². The van der Waals surface area contributed by atoms with Crippen molar-refractivity contribution in [2.45, 2.75) is 0 Å². The number of benzene rings is 2. The molecule has 0 fully saturated rings. The molecule has 0 amide bonds. The fourth-order valence-electron chi connectivity index (χ4n) is 2.12. The summed E-state index contributed by atoms with van der Waals surface area (Å²) in [7, 11) is 1.51. The summed E-state index contributed by atoms with van der Waals surface area (Å²) >= 11 is 0. The van der Waals surface area contributed by atoms with E-state index in [9.17, 15) is 15.4 Å². The number of nitro groups is 1. The summed E-state index contributed by atoms with van der Waals surface area (Å²) in [4.78, 5) is 10.2. The number of nitro benzene ring substituents is 1. The Balaban J connectivity index is 2.34. The number of rotatable bonds is 6. The zero-order valence-electron chi connectivity index (χ0n) is 13.4. The van der Waals surface area contributed by atoms with Crippen LogP contribution in [0, 0.1) is 33.8 Å². The Labute approximate surface area is 145 Å². The van der Waals surface area contributed by atoms with Crippen molar-refractivity contribution >= 4 is 17.3 Å². The number of nitriles is 1. The van der Waals surface area contributed by atoms with Crippen LogP contribution in [0.2, 0.25) is 0 Å². The van der Waals surface area contributed by atoms with Gasteiger partial charge in [0.1, 0.15) is 6.61 Å². The molecule has 0 N–H and O–H groups in total. The molecule has 0 saturated carbocycles. The van der Waals surface area contributed by atoms with Crippen molar-refractivity contribution < 1.29 is 14.4 Å². The van der Waals surface area contributed by atoms with Crippen LogP contribution in [0.3, 0.4) is 0 Å². The second-order valence-electron chi connectivity index (χ2n) is 4.88. The maximum Gasteiger partial charge on any atom is 0.269 e. The van der Waals surface area contributed by atoms with E-state index in [1.54, 1.807) is 24.3 Å². The number of nitrogens with zero attached hydrogens (tertiary/aromatic N) is 2. The lowest BCUT2D eigenvalue weighted by Crippen LogP contribution is -1.96. The predicted molar refractivity (Wildman–Crippen MR) is 93.9 cm³/mol. The number of ether oxygens (including phenoxy) is 2. The Kier molecular flexibility index (Phi) is 5.76. The van der Waals surface area contributed by atoms with Gasteiger partial charge in [-0.15, -0.1) is 6.42 Å². The number of non-ortho nitro benzene ring substituents is 1. The Hall–Kier alpha value is -3.77. The van der Waals surface area contributed by atoms with Crippen LogP contribution in [0.5, 0.6) is 11.5 Å². The summed E-state index contributed by atoms with van der Waals surface area (Å²) in [5, 5.41) is 20.1. The van der Waals surface area contributed by atoms with Crippen molar-refractivity contribution in [3.05, 3.63) is 63.7 Å². The van der Waals surface area contributed by atoms with Crippen LogP contribution in [0.25, 0.3) is 11.6 Å². The molecule has 0 heterocycles. The molecule has 0 spiro atoms. The van der Waals surface area contributed by atoms with Crippen LogP contribution < -0.4 is 9.47 Å². The quantitative estimate of drug-likeness (QED) is 0.264. The van der Waals surface area contributed by atoms with Gasteiger partial charge in [-0.1, -0.05) is 12.0 Å². The molecule has 2 aromatic rings. The largest absolute Gasteiger partial charge is 0.493 e. The normalized spacial score (nSPS) is 10.4. The van der Waals surface area contributed by atoms with E-state index >= 15 is 0 Å².